The van der Waals surface area contributed by atoms with Gasteiger partial charge in [-0.3, -0.25) is 0 Å². The number of rotatable bonds is 0. The molecule has 0 aromatic carbocycles. The maximum atomic E-state index is 8.55. The zero-order valence-corrected chi connectivity index (χ0v) is 27.7. The van der Waals surface area contributed by atoms with E-state index in [0.717, 1.165) is 27.0 Å². The monoisotopic (exact) mass is 751 g/mol. The van der Waals surface area contributed by atoms with E-state index in [-0.39, 0.29) is 0 Å². The maximum Gasteiger partial charge on any atom is 0.143 e. The van der Waals surface area contributed by atoms with Gasteiger partial charge in [-0.1, -0.05) is 0 Å². The second kappa shape index (κ2) is 17.3. The Morgan fingerprint density at radius 1 is 0.619 bits per heavy atom. The molecule has 0 spiro atoms. The van der Waals surface area contributed by atoms with Crippen molar-refractivity contribution in [2.45, 2.75) is 27.7 Å². The fourth-order valence-electron chi connectivity index (χ4n) is 2.80. The minimum absolute atomic E-state index is 0.331. The molecule has 14 heteroatoms. The number of pyridine rings is 4. The van der Waals surface area contributed by atoms with E-state index in [0.29, 0.717) is 48.9 Å². The van der Waals surface area contributed by atoms with Crippen LogP contribution in [-0.4, -0.2) is 19.9 Å². The van der Waals surface area contributed by atoms with Crippen molar-refractivity contribution in [3.05, 3.63) is 95.4 Å². The van der Waals surface area contributed by atoms with Gasteiger partial charge in [-0.05, 0) is 117 Å². The Kier molecular flexibility index (Phi) is 14.6. The first-order valence-corrected chi connectivity index (χ1v) is 14.0. The fourth-order valence-corrected chi connectivity index (χ4v) is 4.07. The number of nitrogens with two attached hydrogens (primary N) is 3. The lowest BCUT2D eigenvalue weighted by Gasteiger charge is -2.02. The largest absolute Gasteiger partial charge is 0.397 e. The van der Waals surface area contributed by atoms with Gasteiger partial charge < -0.3 is 17.2 Å². The third-order valence-electron chi connectivity index (χ3n) is 4.97. The summed E-state index contributed by atoms with van der Waals surface area (Å²) in [5.74, 6) is 0. The molecule has 4 heterocycles. The Labute approximate surface area is 269 Å². The predicted octanol–water partition coefficient (Wildman–Crippen LogP) is 6.08. The summed E-state index contributed by atoms with van der Waals surface area (Å²) in [4.78, 5) is 15.6. The molecule has 0 aliphatic heterocycles. The van der Waals surface area contributed by atoms with Crippen molar-refractivity contribution in [1.82, 2.24) is 19.9 Å². The van der Waals surface area contributed by atoms with Gasteiger partial charge in [0.15, 0.2) is 0 Å². The Morgan fingerprint density at radius 2 is 1.12 bits per heavy atom. The molecule has 0 aliphatic carbocycles. The third kappa shape index (κ3) is 11.1. The van der Waals surface area contributed by atoms with E-state index in [9.17, 15) is 0 Å². The first kappa shape index (κ1) is 35.4. The zero-order chi connectivity index (χ0) is 32.0. The van der Waals surface area contributed by atoms with E-state index >= 15 is 0 Å². The number of aromatic nitrogens is 4. The van der Waals surface area contributed by atoms with Crippen LogP contribution in [-0.2, 0) is 0 Å². The number of nitriles is 4. The lowest BCUT2D eigenvalue weighted by atomic mass is 10.2. The second-order valence-electron chi connectivity index (χ2n) is 8.17. The highest BCUT2D eigenvalue weighted by molar-refractivity contribution is 9.11. The molecule has 4 aromatic rings. The van der Waals surface area contributed by atoms with Crippen LogP contribution in [0.3, 0.4) is 0 Å². The molecule has 0 saturated heterocycles. The summed E-state index contributed by atoms with van der Waals surface area (Å²) in [5, 5.41) is 33.8. The average Bonchev–Trinajstić information content (AvgIpc) is 2.98. The smallest absolute Gasteiger partial charge is 0.143 e. The molecule has 4 aromatic heterocycles. The van der Waals surface area contributed by atoms with Gasteiger partial charge in [-0.2, -0.15) is 21.0 Å². The van der Waals surface area contributed by atoms with Gasteiger partial charge in [0.2, 0.25) is 0 Å². The maximum absolute atomic E-state index is 8.55. The topological polar surface area (TPSA) is 225 Å². The zero-order valence-electron chi connectivity index (χ0n) is 22.9. The molecule has 0 amide bonds. The molecule has 0 unspecified atom stereocenters. The lowest BCUT2D eigenvalue weighted by molar-refractivity contribution is 1.12. The summed E-state index contributed by atoms with van der Waals surface area (Å²) < 4.78 is 2.15. The van der Waals surface area contributed by atoms with Gasteiger partial charge >= 0.3 is 0 Å². The van der Waals surface area contributed by atoms with E-state index in [2.05, 4.69) is 67.7 Å². The molecule has 42 heavy (non-hydrogen) atoms. The summed E-state index contributed by atoms with van der Waals surface area (Å²) in [6.07, 6.45) is 1.46. The number of hydrogen-bond acceptors (Lipinski definition) is 11. The summed E-state index contributed by atoms with van der Waals surface area (Å²) in [6, 6.07) is 16.0. The van der Waals surface area contributed by atoms with Crippen LogP contribution in [0.2, 0.25) is 0 Å². The standard InChI is InChI=1S/C8H7BrN2.C8H9N3.C6H3Br2N3.C6H5N3/c1-5-3-7(4-10)11-6(2)8(5)9;1-5-3-7(4-9)11-6(2)8(5)10;7-4-1-3(2-9)11-6(8)5(4)10;7-3-6-2-1-5(8)4-9-6/h3H,1-2H3;3H,10H2,1-2H3;1H,10H2;1-2,4H,8H2. The SMILES string of the molecule is Cc1cc(C#N)nc(C)c1Br.Cc1cc(C#N)nc(C)c1N.N#Cc1cc(Br)c(N)c(Br)n1.N#Cc1ccc(N)cn1. The lowest BCUT2D eigenvalue weighted by Crippen LogP contribution is -1.98. The van der Waals surface area contributed by atoms with Gasteiger partial charge in [0.25, 0.3) is 0 Å². The molecule has 0 atom stereocenters. The third-order valence-corrected chi connectivity index (χ3v) is 7.43. The van der Waals surface area contributed by atoms with Crippen molar-refractivity contribution in [1.29, 1.82) is 21.0 Å². The van der Waals surface area contributed by atoms with Crippen molar-refractivity contribution in [3.63, 3.8) is 0 Å². The average molecular weight is 754 g/mol. The van der Waals surface area contributed by atoms with E-state index in [1.54, 1.807) is 37.3 Å². The normalized spacial score (nSPS) is 9.02. The molecule has 0 aliphatic rings. The molecular weight excluding hydrogens is 730 g/mol. The Bertz CT molecular complexity index is 1500. The molecule has 11 nitrogen and oxygen atoms in total. The van der Waals surface area contributed by atoms with Crippen molar-refractivity contribution >= 4 is 64.9 Å². The van der Waals surface area contributed by atoms with Crippen LogP contribution in [0.4, 0.5) is 17.1 Å². The van der Waals surface area contributed by atoms with E-state index in [1.165, 1.54) is 6.20 Å². The van der Waals surface area contributed by atoms with Gasteiger partial charge in [-0.15, -0.1) is 0 Å². The number of nitrogens with zero attached hydrogens (tertiary/aromatic N) is 8. The minimum atomic E-state index is 0.331. The Morgan fingerprint density at radius 3 is 1.55 bits per heavy atom. The molecule has 0 fully saturated rings. The number of halogens is 3. The van der Waals surface area contributed by atoms with Crippen LogP contribution in [0.15, 0.2) is 50.1 Å². The van der Waals surface area contributed by atoms with Crippen molar-refractivity contribution < 1.29 is 0 Å². The van der Waals surface area contributed by atoms with Crippen LogP contribution >= 0.6 is 47.8 Å². The van der Waals surface area contributed by atoms with Gasteiger partial charge in [0, 0.05) is 8.95 Å². The summed E-state index contributed by atoms with van der Waals surface area (Å²) >= 11 is 9.68. The Balaban J connectivity index is 0.000000281. The molecule has 6 N–H and O–H groups in total. The molecule has 0 bridgehead atoms. The first-order chi connectivity index (χ1) is 19.8. The number of hydrogen-bond donors (Lipinski definition) is 3. The molecule has 212 valence electrons. The minimum Gasteiger partial charge on any atom is -0.397 e. The van der Waals surface area contributed by atoms with Crippen LogP contribution in [0, 0.1) is 73.0 Å². The van der Waals surface area contributed by atoms with Gasteiger partial charge in [0.1, 0.15) is 51.7 Å². The van der Waals surface area contributed by atoms with Gasteiger partial charge in [-0.25, -0.2) is 19.9 Å². The summed E-state index contributed by atoms with van der Waals surface area (Å²) in [6.45, 7) is 7.48. The summed E-state index contributed by atoms with van der Waals surface area (Å²) in [5.41, 5.74) is 23.4. The molecule has 0 saturated carbocycles. The predicted molar refractivity (Wildman–Crippen MR) is 171 cm³/mol. The fraction of sp³-hybridized carbons (Fsp3) is 0.143. The van der Waals surface area contributed by atoms with Crippen LogP contribution in [0.5, 0.6) is 0 Å². The summed E-state index contributed by atoms with van der Waals surface area (Å²) in [7, 11) is 0. The second-order valence-corrected chi connectivity index (χ2v) is 10.6. The van der Waals surface area contributed by atoms with Crippen LogP contribution < -0.4 is 17.2 Å². The highest BCUT2D eigenvalue weighted by Crippen LogP contribution is 2.26. The van der Waals surface area contributed by atoms with Crippen LogP contribution in [0.1, 0.15) is 45.3 Å². The van der Waals surface area contributed by atoms with Crippen molar-refractivity contribution in [2.24, 2.45) is 0 Å². The van der Waals surface area contributed by atoms with E-state index in [4.69, 9.17) is 38.2 Å². The first-order valence-electron chi connectivity index (χ1n) is 11.6. The molecular formula is C28H24Br3N11. The highest BCUT2D eigenvalue weighted by Gasteiger charge is 2.04. The van der Waals surface area contributed by atoms with Crippen molar-refractivity contribution in [2.75, 3.05) is 17.2 Å². The molecule has 4 rings (SSSR count). The quantitative estimate of drug-likeness (QED) is 0.174. The number of anilines is 3. The number of aryl methyl sites for hydroxylation is 4. The van der Waals surface area contributed by atoms with Crippen LogP contribution in [0.25, 0.3) is 0 Å². The van der Waals surface area contributed by atoms with Gasteiger partial charge in [0.05, 0.1) is 34.6 Å². The molecule has 0 radical (unpaired) electrons. The van der Waals surface area contributed by atoms with E-state index < -0.39 is 0 Å². The van der Waals surface area contributed by atoms with Crippen molar-refractivity contribution in [3.8, 4) is 24.3 Å². The number of nitrogen functional groups attached to an aromatic ring is 3. The highest BCUT2D eigenvalue weighted by atomic mass is 79.9. The Hall–Kier alpha value is -4.60. The van der Waals surface area contributed by atoms with E-state index in [1.807, 2.05) is 45.0 Å².